The fraction of sp³-hybridized carbons (Fsp3) is 0.412. The Morgan fingerprint density at radius 1 is 1.36 bits per heavy atom. The van der Waals surface area contributed by atoms with Crippen LogP contribution in [0, 0.1) is 6.92 Å². The molecule has 1 unspecified atom stereocenters. The van der Waals surface area contributed by atoms with E-state index in [0.29, 0.717) is 6.61 Å². The zero-order chi connectivity index (χ0) is 16.7. The summed E-state index contributed by atoms with van der Waals surface area (Å²) in [5.41, 5.74) is 2.84. The Morgan fingerprint density at radius 2 is 2.05 bits per heavy atom. The Labute approximate surface area is 131 Å². The predicted octanol–water partition coefficient (Wildman–Crippen LogP) is 2.57. The molecule has 5 heteroatoms. The van der Waals surface area contributed by atoms with Crippen molar-refractivity contribution in [3.8, 4) is 0 Å². The van der Waals surface area contributed by atoms with Gasteiger partial charge in [-0.25, -0.2) is 4.79 Å². The first-order chi connectivity index (χ1) is 10.4. The van der Waals surface area contributed by atoms with Crippen LogP contribution in [0.1, 0.15) is 25.0 Å². The largest absolute Gasteiger partial charge is 0.478 e. The second-order valence-electron chi connectivity index (χ2n) is 5.12. The second kappa shape index (κ2) is 8.34. The molecule has 0 fully saturated rings. The van der Waals surface area contributed by atoms with E-state index in [1.807, 2.05) is 39.0 Å². The number of benzene rings is 1. The van der Waals surface area contributed by atoms with E-state index >= 15 is 0 Å². The third-order valence-electron chi connectivity index (χ3n) is 3.40. The van der Waals surface area contributed by atoms with Crippen LogP contribution >= 0.6 is 0 Å². The molecule has 0 aliphatic heterocycles. The quantitative estimate of drug-likeness (QED) is 0.786. The zero-order valence-electron chi connectivity index (χ0n) is 13.5. The Morgan fingerprint density at radius 3 is 2.59 bits per heavy atom. The molecule has 0 heterocycles. The van der Waals surface area contributed by atoms with Crippen molar-refractivity contribution in [2.75, 3.05) is 18.6 Å². The topological polar surface area (TPSA) is 66.8 Å². The normalized spacial score (nSPS) is 12.4. The van der Waals surface area contributed by atoms with Gasteiger partial charge in [0.1, 0.15) is 0 Å². The van der Waals surface area contributed by atoms with Crippen molar-refractivity contribution >= 4 is 17.6 Å². The summed E-state index contributed by atoms with van der Waals surface area (Å²) in [7, 11) is 1.57. The molecular weight excluding hydrogens is 282 g/mol. The minimum absolute atomic E-state index is 0.206. The minimum Gasteiger partial charge on any atom is -0.478 e. The van der Waals surface area contributed by atoms with Crippen molar-refractivity contribution in [2.45, 2.75) is 33.2 Å². The second-order valence-corrected chi connectivity index (χ2v) is 5.12. The van der Waals surface area contributed by atoms with Crippen LogP contribution in [0.2, 0.25) is 0 Å². The number of anilines is 1. The van der Waals surface area contributed by atoms with Gasteiger partial charge in [0.25, 0.3) is 5.91 Å². The van der Waals surface area contributed by atoms with E-state index in [9.17, 15) is 9.59 Å². The number of carboxylic acids is 1. The monoisotopic (exact) mass is 305 g/mol. The van der Waals surface area contributed by atoms with Crippen molar-refractivity contribution in [1.29, 1.82) is 0 Å². The molecule has 0 radical (unpaired) electrons. The number of rotatable bonds is 7. The van der Waals surface area contributed by atoms with Crippen LogP contribution in [0.25, 0.3) is 0 Å². The lowest BCUT2D eigenvalue weighted by Crippen LogP contribution is -2.41. The van der Waals surface area contributed by atoms with E-state index in [0.717, 1.165) is 35.4 Å². The molecule has 0 bridgehead atoms. The molecule has 1 amide bonds. The maximum atomic E-state index is 12.5. The molecule has 5 nitrogen and oxygen atoms in total. The highest BCUT2D eigenvalue weighted by Gasteiger charge is 2.24. The number of aryl methyl sites for hydroxylation is 2. The average Bonchev–Trinajstić information content (AvgIpc) is 2.47. The molecule has 120 valence electrons. The number of methoxy groups -OCH3 is 1. The summed E-state index contributed by atoms with van der Waals surface area (Å²) in [4.78, 5) is 24.8. The summed E-state index contributed by atoms with van der Waals surface area (Å²) in [5.74, 6) is -1.51. The number of amides is 1. The maximum absolute atomic E-state index is 12.5. The van der Waals surface area contributed by atoms with Crippen molar-refractivity contribution in [3.63, 3.8) is 0 Å². The van der Waals surface area contributed by atoms with Crippen LogP contribution in [0.3, 0.4) is 0 Å². The lowest BCUT2D eigenvalue weighted by Gasteiger charge is -2.31. The van der Waals surface area contributed by atoms with Gasteiger partial charge in [-0.3, -0.25) is 4.79 Å². The van der Waals surface area contributed by atoms with Crippen LogP contribution < -0.4 is 4.90 Å². The van der Waals surface area contributed by atoms with E-state index < -0.39 is 5.97 Å². The number of carbonyl (C=O) groups is 2. The molecule has 0 aliphatic carbocycles. The highest BCUT2D eigenvalue weighted by molar-refractivity contribution is 6.05. The molecule has 1 rings (SSSR count). The summed E-state index contributed by atoms with van der Waals surface area (Å²) in [6.45, 7) is 6.20. The van der Waals surface area contributed by atoms with Crippen molar-refractivity contribution in [2.24, 2.45) is 0 Å². The Kier molecular flexibility index (Phi) is 6.79. The average molecular weight is 305 g/mol. The van der Waals surface area contributed by atoms with E-state index in [4.69, 9.17) is 9.84 Å². The van der Waals surface area contributed by atoms with E-state index in [1.165, 1.54) is 0 Å². The highest BCUT2D eigenvalue weighted by atomic mass is 16.5. The molecule has 1 aromatic rings. The van der Waals surface area contributed by atoms with Crippen LogP contribution in [-0.4, -0.2) is 36.7 Å². The molecule has 0 aliphatic rings. The van der Waals surface area contributed by atoms with Gasteiger partial charge in [-0.05, 0) is 31.4 Å². The fourth-order valence-electron chi connectivity index (χ4n) is 2.44. The number of hydrogen-bond acceptors (Lipinski definition) is 3. The maximum Gasteiger partial charge on any atom is 0.328 e. The van der Waals surface area contributed by atoms with Crippen LogP contribution in [0.5, 0.6) is 0 Å². The van der Waals surface area contributed by atoms with E-state index in [2.05, 4.69) is 0 Å². The number of para-hydroxylation sites is 1. The van der Waals surface area contributed by atoms with E-state index in [1.54, 1.807) is 12.0 Å². The Balaban J connectivity index is 3.32. The number of ether oxygens (including phenoxy) is 1. The lowest BCUT2D eigenvalue weighted by molar-refractivity contribution is -0.131. The summed E-state index contributed by atoms with van der Waals surface area (Å²) in [6, 6.07) is 5.66. The van der Waals surface area contributed by atoms with Crippen LogP contribution in [-0.2, 0) is 20.7 Å². The molecule has 1 N–H and O–H groups in total. The molecule has 0 saturated heterocycles. The van der Waals surface area contributed by atoms with Gasteiger partial charge >= 0.3 is 5.97 Å². The first kappa shape index (κ1) is 17.9. The zero-order valence-corrected chi connectivity index (χ0v) is 13.5. The summed E-state index contributed by atoms with van der Waals surface area (Å²) in [5, 5.41) is 8.73. The van der Waals surface area contributed by atoms with Crippen molar-refractivity contribution in [3.05, 3.63) is 41.5 Å². The molecule has 1 atom stereocenters. The number of aliphatic carboxylic acids is 1. The molecule has 0 saturated carbocycles. The Bertz CT molecular complexity index is 566. The number of nitrogens with zero attached hydrogens (tertiary/aromatic N) is 1. The van der Waals surface area contributed by atoms with Crippen molar-refractivity contribution < 1.29 is 19.4 Å². The summed E-state index contributed by atoms with van der Waals surface area (Å²) in [6.07, 6.45) is 2.72. The first-order valence-corrected chi connectivity index (χ1v) is 7.24. The standard InChI is InChI=1S/C17H23NO4/c1-5-14-8-6-7-12(2)17(14)18(13(3)11-22-4)15(19)9-10-16(20)21/h6-10,13H,5,11H2,1-4H3,(H,20,21). The first-order valence-electron chi connectivity index (χ1n) is 7.24. The van der Waals surface area contributed by atoms with Gasteiger partial charge in [-0.2, -0.15) is 0 Å². The minimum atomic E-state index is -1.15. The molecular formula is C17H23NO4. The molecule has 22 heavy (non-hydrogen) atoms. The van der Waals surface area contributed by atoms with Gasteiger partial charge in [0, 0.05) is 19.3 Å². The third kappa shape index (κ3) is 4.43. The predicted molar refractivity (Wildman–Crippen MR) is 86.2 cm³/mol. The molecule has 0 spiro atoms. The third-order valence-corrected chi connectivity index (χ3v) is 3.40. The van der Waals surface area contributed by atoms with Gasteiger partial charge < -0.3 is 14.7 Å². The summed E-state index contributed by atoms with van der Waals surface area (Å²) >= 11 is 0. The van der Waals surface area contributed by atoms with Gasteiger partial charge in [0.05, 0.1) is 18.3 Å². The fourth-order valence-corrected chi connectivity index (χ4v) is 2.44. The van der Waals surface area contributed by atoms with Crippen LogP contribution in [0.4, 0.5) is 5.69 Å². The van der Waals surface area contributed by atoms with Gasteiger partial charge in [0.15, 0.2) is 0 Å². The Hall–Kier alpha value is -2.14. The van der Waals surface area contributed by atoms with Crippen molar-refractivity contribution in [1.82, 2.24) is 0 Å². The van der Waals surface area contributed by atoms with Gasteiger partial charge in [0.2, 0.25) is 0 Å². The lowest BCUT2D eigenvalue weighted by atomic mass is 10.0. The van der Waals surface area contributed by atoms with Gasteiger partial charge in [-0.15, -0.1) is 0 Å². The number of hydrogen-bond donors (Lipinski definition) is 1. The SMILES string of the molecule is CCc1cccc(C)c1N(C(=O)C=CC(=O)O)C(C)COC. The molecule has 1 aromatic carbocycles. The van der Waals surface area contributed by atoms with Gasteiger partial charge in [-0.1, -0.05) is 25.1 Å². The highest BCUT2D eigenvalue weighted by Crippen LogP contribution is 2.28. The number of carboxylic acid groups (broad SMARTS) is 1. The van der Waals surface area contributed by atoms with Crippen LogP contribution in [0.15, 0.2) is 30.4 Å². The summed E-state index contributed by atoms with van der Waals surface area (Å²) < 4.78 is 5.16. The van der Waals surface area contributed by atoms with E-state index in [-0.39, 0.29) is 11.9 Å². The smallest absolute Gasteiger partial charge is 0.328 e. The number of carbonyl (C=O) groups excluding carboxylic acids is 1. The molecule has 0 aromatic heterocycles.